The van der Waals surface area contributed by atoms with Gasteiger partial charge < -0.3 is 20.5 Å². The molecule has 1 aliphatic rings. The lowest BCUT2D eigenvalue weighted by Crippen LogP contribution is -2.48. The van der Waals surface area contributed by atoms with E-state index in [-0.39, 0.29) is 24.9 Å². The zero-order chi connectivity index (χ0) is 20.1. The number of rotatable bonds is 7. The maximum Gasteiger partial charge on any atom is 0.217 e. The zero-order valence-corrected chi connectivity index (χ0v) is 15.6. The summed E-state index contributed by atoms with van der Waals surface area (Å²) >= 11 is 0. The molecule has 7 heteroatoms. The summed E-state index contributed by atoms with van der Waals surface area (Å²) in [7, 11) is 0. The number of para-hydroxylation sites is 1. The molecule has 2 aromatic carbocycles. The van der Waals surface area contributed by atoms with Crippen molar-refractivity contribution in [2.75, 3.05) is 13.2 Å². The number of carbonyl (C=O) groups is 1. The third-order valence-corrected chi connectivity index (χ3v) is 4.76. The monoisotopic (exact) mass is 390 g/mol. The van der Waals surface area contributed by atoms with Crippen LogP contribution in [0.5, 0.6) is 5.75 Å². The molecular formula is C21H24F2N2O3. The summed E-state index contributed by atoms with van der Waals surface area (Å²) in [6.45, 7) is 2.12. The topological polar surface area (TPSA) is 70.6 Å². The molecule has 1 heterocycles. The van der Waals surface area contributed by atoms with Crippen LogP contribution in [0.1, 0.15) is 30.5 Å². The lowest BCUT2D eigenvalue weighted by molar-refractivity contribution is -0.120. The van der Waals surface area contributed by atoms with E-state index in [1.54, 1.807) is 0 Å². The van der Waals surface area contributed by atoms with Gasteiger partial charge in [0.2, 0.25) is 5.91 Å². The molecule has 3 unspecified atom stereocenters. The van der Waals surface area contributed by atoms with Gasteiger partial charge in [-0.05, 0) is 30.2 Å². The molecule has 5 nitrogen and oxygen atoms in total. The molecule has 0 aliphatic carbocycles. The minimum Gasteiger partial charge on any atom is -0.493 e. The molecule has 0 bridgehead atoms. The van der Waals surface area contributed by atoms with Gasteiger partial charge >= 0.3 is 0 Å². The fourth-order valence-electron chi connectivity index (χ4n) is 3.49. The number of hydrogen-bond acceptors (Lipinski definition) is 4. The van der Waals surface area contributed by atoms with Crippen molar-refractivity contribution in [2.45, 2.75) is 38.0 Å². The van der Waals surface area contributed by atoms with Crippen molar-refractivity contribution < 1.29 is 23.4 Å². The molecule has 0 saturated carbocycles. The fourth-order valence-corrected chi connectivity index (χ4v) is 3.49. The molecular weight excluding hydrogens is 366 g/mol. The predicted molar refractivity (Wildman–Crippen MR) is 101 cm³/mol. The first kappa shape index (κ1) is 20.2. The van der Waals surface area contributed by atoms with Gasteiger partial charge in [-0.15, -0.1) is 0 Å². The Morgan fingerprint density at radius 2 is 1.96 bits per heavy atom. The minimum atomic E-state index is -0.940. The Hall–Kier alpha value is -2.51. The lowest BCUT2D eigenvalue weighted by Gasteiger charge is -2.30. The summed E-state index contributed by atoms with van der Waals surface area (Å²) in [6.07, 6.45) is -0.0734. The van der Waals surface area contributed by atoms with Crippen molar-refractivity contribution in [3.05, 3.63) is 65.2 Å². The van der Waals surface area contributed by atoms with Crippen molar-refractivity contribution in [3.8, 4) is 5.75 Å². The maximum absolute atomic E-state index is 13.5. The second-order valence-electron chi connectivity index (χ2n) is 6.99. The van der Waals surface area contributed by atoms with Crippen molar-refractivity contribution in [3.63, 3.8) is 0 Å². The average molecular weight is 390 g/mol. The summed E-state index contributed by atoms with van der Waals surface area (Å²) in [5, 5.41) is 16.6. The van der Waals surface area contributed by atoms with Gasteiger partial charge in [0.05, 0.1) is 18.8 Å². The van der Waals surface area contributed by atoms with E-state index in [1.165, 1.54) is 19.1 Å². The molecule has 0 spiro atoms. The van der Waals surface area contributed by atoms with Crippen LogP contribution in [-0.2, 0) is 11.2 Å². The summed E-state index contributed by atoms with van der Waals surface area (Å²) in [4.78, 5) is 11.5. The van der Waals surface area contributed by atoms with Gasteiger partial charge in [0.25, 0.3) is 0 Å². The van der Waals surface area contributed by atoms with Crippen LogP contribution < -0.4 is 15.4 Å². The van der Waals surface area contributed by atoms with Crippen molar-refractivity contribution in [2.24, 2.45) is 0 Å². The Labute approximate surface area is 162 Å². The number of ether oxygens (including phenoxy) is 1. The maximum atomic E-state index is 13.5. The molecule has 0 fully saturated rings. The van der Waals surface area contributed by atoms with E-state index in [1.807, 2.05) is 24.3 Å². The van der Waals surface area contributed by atoms with Crippen LogP contribution >= 0.6 is 0 Å². The Balaban J connectivity index is 1.66. The second kappa shape index (κ2) is 9.12. The van der Waals surface area contributed by atoms with Gasteiger partial charge in [-0.3, -0.25) is 4.79 Å². The quantitative estimate of drug-likeness (QED) is 0.679. The predicted octanol–water partition coefficient (Wildman–Crippen LogP) is 2.49. The third kappa shape index (κ3) is 5.27. The first-order valence-corrected chi connectivity index (χ1v) is 9.27. The van der Waals surface area contributed by atoms with Gasteiger partial charge in [-0.2, -0.15) is 0 Å². The molecule has 3 rings (SSSR count). The lowest BCUT2D eigenvalue weighted by atomic mass is 9.98. The minimum absolute atomic E-state index is 0.0178. The van der Waals surface area contributed by atoms with E-state index < -0.39 is 23.8 Å². The van der Waals surface area contributed by atoms with Crippen molar-refractivity contribution in [1.29, 1.82) is 0 Å². The van der Waals surface area contributed by atoms with Crippen molar-refractivity contribution >= 4 is 5.91 Å². The van der Waals surface area contributed by atoms with E-state index in [0.29, 0.717) is 12.2 Å². The van der Waals surface area contributed by atoms with Crippen LogP contribution in [0.15, 0.2) is 42.5 Å². The number of fused-ring (bicyclic) bond motifs is 1. The molecule has 1 amide bonds. The van der Waals surface area contributed by atoms with E-state index in [9.17, 15) is 18.7 Å². The number of aliphatic hydroxyl groups excluding tert-OH is 1. The molecule has 3 N–H and O–H groups in total. The summed E-state index contributed by atoms with van der Waals surface area (Å²) in [5.41, 5.74) is 1.39. The van der Waals surface area contributed by atoms with Crippen LogP contribution in [0, 0.1) is 11.6 Å². The van der Waals surface area contributed by atoms with Gasteiger partial charge in [-0.25, -0.2) is 8.78 Å². The molecule has 1 aliphatic heterocycles. The number of aliphatic hydroxyl groups is 1. The molecule has 0 radical (unpaired) electrons. The summed E-state index contributed by atoms with van der Waals surface area (Å²) in [6, 6.07) is 10.2. The zero-order valence-electron chi connectivity index (χ0n) is 15.6. The Kier molecular flexibility index (Phi) is 6.59. The number of amides is 1. The van der Waals surface area contributed by atoms with Gasteiger partial charge in [0.15, 0.2) is 0 Å². The highest BCUT2D eigenvalue weighted by Crippen LogP contribution is 2.31. The van der Waals surface area contributed by atoms with Gasteiger partial charge in [0.1, 0.15) is 17.4 Å². The normalized spacial score (nSPS) is 17.9. The van der Waals surface area contributed by atoms with Crippen molar-refractivity contribution in [1.82, 2.24) is 10.6 Å². The third-order valence-electron chi connectivity index (χ3n) is 4.76. The Morgan fingerprint density at radius 1 is 1.25 bits per heavy atom. The van der Waals surface area contributed by atoms with Crippen LogP contribution in [0.2, 0.25) is 0 Å². The smallest absolute Gasteiger partial charge is 0.217 e. The second-order valence-corrected chi connectivity index (χ2v) is 6.99. The summed E-state index contributed by atoms with van der Waals surface area (Å²) in [5.74, 6) is -0.891. The first-order chi connectivity index (χ1) is 13.4. The molecule has 0 aromatic heterocycles. The highest BCUT2D eigenvalue weighted by molar-refractivity contribution is 5.73. The number of halogens is 2. The van der Waals surface area contributed by atoms with E-state index >= 15 is 0 Å². The van der Waals surface area contributed by atoms with Gasteiger partial charge in [-0.1, -0.05) is 18.2 Å². The van der Waals surface area contributed by atoms with Crippen LogP contribution in [0.4, 0.5) is 8.78 Å². The highest BCUT2D eigenvalue weighted by atomic mass is 19.1. The standard InChI is InChI=1S/C21H24F2N2O3/c1-13(26)25-19(10-14-8-15(22)11-16(23)9-14)20(27)12-24-18-6-7-28-21-5-3-2-4-17(18)21/h2-5,8-9,11,18-20,24,27H,6-7,10,12H2,1H3,(H,25,26). The average Bonchev–Trinajstić information content (AvgIpc) is 2.64. The first-order valence-electron chi connectivity index (χ1n) is 9.27. The largest absolute Gasteiger partial charge is 0.493 e. The highest BCUT2D eigenvalue weighted by Gasteiger charge is 2.25. The number of hydrogen-bond donors (Lipinski definition) is 3. The summed E-state index contributed by atoms with van der Waals surface area (Å²) < 4.78 is 32.6. The van der Waals surface area contributed by atoms with E-state index in [4.69, 9.17) is 4.74 Å². The number of nitrogens with one attached hydrogen (secondary N) is 2. The van der Waals surface area contributed by atoms with Crippen LogP contribution in [-0.4, -0.2) is 36.3 Å². The van der Waals surface area contributed by atoms with E-state index in [0.717, 1.165) is 23.8 Å². The van der Waals surface area contributed by atoms with Gasteiger partial charge in [0, 0.05) is 37.6 Å². The molecule has 3 atom stereocenters. The van der Waals surface area contributed by atoms with Crippen LogP contribution in [0.3, 0.4) is 0 Å². The Morgan fingerprint density at radius 3 is 2.68 bits per heavy atom. The van der Waals surface area contributed by atoms with E-state index in [2.05, 4.69) is 10.6 Å². The SMILES string of the molecule is CC(=O)NC(Cc1cc(F)cc(F)c1)C(O)CNC1CCOc2ccccc21. The fraction of sp³-hybridized carbons (Fsp3) is 0.381. The molecule has 28 heavy (non-hydrogen) atoms. The Bertz CT molecular complexity index is 811. The number of carbonyl (C=O) groups excluding carboxylic acids is 1. The van der Waals surface area contributed by atoms with Crippen LogP contribution in [0.25, 0.3) is 0 Å². The number of benzene rings is 2. The molecule has 2 aromatic rings. The molecule has 150 valence electrons. The molecule has 0 saturated heterocycles.